The third-order valence-electron chi connectivity index (χ3n) is 3.59. The zero-order chi connectivity index (χ0) is 12.0. The largest absolute Gasteiger partial charge is 0.393 e. The van der Waals surface area contributed by atoms with E-state index in [2.05, 4.69) is 11.8 Å². The minimum absolute atomic E-state index is 0.180. The van der Waals surface area contributed by atoms with Crippen LogP contribution in [0, 0.1) is 0 Å². The average Bonchev–Trinajstić information content (AvgIpc) is 2.26. The highest BCUT2D eigenvalue weighted by Gasteiger charge is 2.26. The molecule has 0 spiro atoms. The second-order valence-corrected chi connectivity index (χ2v) is 5.10. The van der Waals surface area contributed by atoms with E-state index in [1.807, 2.05) is 6.92 Å². The van der Waals surface area contributed by atoms with Gasteiger partial charge in [-0.1, -0.05) is 6.42 Å². The van der Waals surface area contributed by atoms with Crippen molar-refractivity contribution in [3.05, 3.63) is 0 Å². The van der Waals surface area contributed by atoms with Crippen LogP contribution in [-0.2, 0) is 4.74 Å². The minimum Gasteiger partial charge on any atom is -0.393 e. The van der Waals surface area contributed by atoms with E-state index >= 15 is 0 Å². The lowest BCUT2D eigenvalue weighted by Crippen LogP contribution is -2.46. The molecule has 1 N–H and O–H groups in total. The van der Waals surface area contributed by atoms with Gasteiger partial charge >= 0.3 is 0 Å². The van der Waals surface area contributed by atoms with Crippen LogP contribution in [0.2, 0.25) is 0 Å². The van der Waals surface area contributed by atoms with Gasteiger partial charge in [-0.15, -0.1) is 0 Å². The van der Waals surface area contributed by atoms with Gasteiger partial charge in [0.15, 0.2) is 0 Å². The van der Waals surface area contributed by atoms with E-state index in [-0.39, 0.29) is 6.10 Å². The number of methoxy groups -OCH3 is 1. The summed E-state index contributed by atoms with van der Waals surface area (Å²) < 4.78 is 5.14. The Kier molecular flexibility index (Phi) is 6.32. The maximum atomic E-state index is 9.53. The second kappa shape index (κ2) is 7.25. The van der Waals surface area contributed by atoms with Crippen LogP contribution in [0.5, 0.6) is 0 Å². The van der Waals surface area contributed by atoms with Crippen LogP contribution in [0.15, 0.2) is 0 Å². The molecule has 96 valence electrons. The molecule has 0 aromatic rings. The summed E-state index contributed by atoms with van der Waals surface area (Å²) in [6.45, 7) is 6.19. The third-order valence-corrected chi connectivity index (χ3v) is 3.59. The molecule has 1 heterocycles. The monoisotopic (exact) mass is 229 g/mol. The molecule has 1 aliphatic heterocycles. The number of hydrogen-bond donors (Lipinski definition) is 1. The zero-order valence-corrected chi connectivity index (χ0v) is 11.0. The first kappa shape index (κ1) is 13.9. The molecule has 0 radical (unpaired) electrons. The van der Waals surface area contributed by atoms with Crippen molar-refractivity contribution in [1.82, 2.24) is 4.90 Å². The molecule has 0 aliphatic carbocycles. The fraction of sp³-hybridized carbons (Fsp3) is 1.00. The number of ether oxygens (including phenoxy) is 1. The number of piperidine rings is 1. The van der Waals surface area contributed by atoms with E-state index in [0.29, 0.717) is 12.1 Å². The van der Waals surface area contributed by atoms with Gasteiger partial charge in [0, 0.05) is 25.8 Å². The van der Waals surface area contributed by atoms with Crippen LogP contribution in [-0.4, -0.2) is 48.5 Å². The van der Waals surface area contributed by atoms with E-state index < -0.39 is 0 Å². The Morgan fingerprint density at radius 3 is 2.75 bits per heavy atom. The van der Waals surface area contributed by atoms with Gasteiger partial charge in [0.25, 0.3) is 0 Å². The number of hydrogen-bond acceptors (Lipinski definition) is 3. The summed E-state index contributed by atoms with van der Waals surface area (Å²) in [5.41, 5.74) is 0. The molecule has 0 aromatic heterocycles. The molecule has 1 saturated heterocycles. The topological polar surface area (TPSA) is 32.7 Å². The fourth-order valence-electron chi connectivity index (χ4n) is 2.70. The molecule has 1 fully saturated rings. The van der Waals surface area contributed by atoms with Crippen molar-refractivity contribution in [3.63, 3.8) is 0 Å². The quantitative estimate of drug-likeness (QED) is 0.756. The average molecular weight is 229 g/mol. The van der Waals surface area contributed by atoms with Crippen LogP contribution >= 0.6 is 0 Å². The van der Waals surface area contributed by atoms with Crippen molar-refractivity contribution < 1.29 is 9.84 Å². The maximum Gasteiger partial charge on any atom is 0.0527 e. The van der Waals surface area contributed by atoms with Crippen LogP contribution in [0.4, 0.5) is 0 Å². The number of nitrogens with zero attached hydrogens (tertiary/aromatic N) is 1. The van der Waals surface area contributed by atoms with Crippen LogP contribution in [0.1, 0.15) is 46.0 Å². The molecule has 3 heteroatoms. The van der Waals surface area contributed by atoms with Crippen molar-refractivity contribution in [2.24, 2.45) is 0 Å². The van der Waals surface area contributed by atoms with Gasteiger partial charge in [0.05, 0.1) is 6.10 Å². The highest BCUT2D eigenvalue weighted by Crippen LogP contribution is 2.24. The Morgan fingerprint density at radius 2 is 2.12 bits per heavy atom. The Morgan fingerprint density at radius 1 is 1.38 bits per heavy atom. The third kappa shape index (κ3) is 4.40. The molecule has 0 saturated carbocycles. The number of aliphatic hydroxyl groups excluding tert-OH is 1. The molecule has 16 heavy (non-hydrogen) atoms. The lowest BCUT2D eigenvalue weighted by molar-refractivity contribution is 0.0474. The van der Waals surface area contributed by atoms with Crippen molar-refractivity contribution >= 4 is 0 Å². The van der Waals surface area contributed by atoms with Gasteiger partial charge in [-0.3, -0.25) is 4.90 Å². The summed E-state index contributed by atoms with van der Waals surface area (Å²) in [6.07, 6.45) is 5.67. The van der Waals surface area contributed by atoms with Gasteiger partial charge in [-0.2, -0.15) is 0 Å². The molecule has 1 aliphatic rings. The Balaban J connectivity index is 2.45. The van der Waals surface area contributed by atoms with E-state index in [9.17, 15) is 5.11 Å². The lowest BCUT2D eigenvalue weighted by atomic mass is 9.95. The molecule has 0 aromatic carbocycles. The van der Waals surface area contributed by atoms with Gasteiger partial charge in [0.1, 0.15) is 0 Å². The SMILES string of the molecule is COCCC(C)N1CCCCC1CC(C)O. The first-order chi connectivity index (χ1) is 7.65. The molecular weight excluding hydrogens is 202 g/mol. The summed E-state index contributed by atoms with van der Waals surface area (Å²) in [5.74, 6) is 0. The molecule has 0 amide bonds. The fourth-order valence-corrected chi connectivity index (χ4v) is 2.70. The molecule has 0 bridgehead atoms. The van der Waals surface area contributed by atoms with E-state index in [1.54, 1.807) is 7.11 Å². The first-order valence-corrected chi connectivity index (χ1v) is 6.58. The minimum atomic E-state index is -0.180. The summed E-state index contributed by atoms with van der Waals surface area (Å²) in [7, 11) is 1.76. The van der Waals surface area contributed by atoms with Crippen LogP contribution in [0.25, 0.3) is 0 Å². The van der Waals surface area contributed by atoms with Gasteiger partial charge in [0.2, 0.25) is 0 Å². The Hall–Kier alpha value is -0.120. The highest BCUT2D eigenvalue weighted by molar-refractivity contribution is 4.82. The molecule has 3 atom stereocenters. The van der Waals surface area contributed by atoms with Crippen molar-refractivity contribution in [2.75, 3.05) is 20.3 Å². The molecule has 1 rings (SSSR count). The van der Waals surface area contributed by atoms with E-state index in [1.165, 1.54) is 25.8 Å². The normalized spacial score (nSPS) is 26.6. The van der Waals surface area contributed by atoms with Gasteiger partial charge in [-0.25, -0.2) is 0 Å². The Labute approximate surface area is 99.8 Å². The summed E-state index contributed by atoms with van der Waals surface area (Å²) >= 11 is 0. The van der Waals surface area contributed by atoms with Gasteiger partial charge in [-0.05, 0) is 46.1 Å². The van der Waals surface area contributed by atoms with E-state index in [4.69, 9.17) is 4.74 Å². The predicted octanol–water partition coefficient (Wildman–Crippen LogP) is 2.04. The molecule has 3 nitrogen and oxygen atoms in total. The molecular formula is C13H27NO2. The van der Waals surface area contributed by atoms with E-state index in [0.717, 1.165) is 19.4 Å². The van der Waals surface area contributed by atoms with Crippen molar-refractivity contribution in [3.8, 4) is 0 Å². The smallest absolute Gasteiger partial charge is 0.0527 e. The Bertz CT molecular complexity index is 185. The summed E-state index contributed by atoms with van der Waals surface area (Å²) in [6, 6.07) is 1.14. The lowest BCUT2D eigenvalue weighted by Gasteiger charge is -2.40. The van der Waals surface area contributed by atoms with Crippen molar-refractivity contribution in [2.45, 2.75) is 64.1 Å². The van der Waals surface area contributed by atoms with Gasteiger partial charge < -0.3 is 9.84 Å². The molecule has 3 unspecified atom stereocenters. The predicted molar refractivity (Wildman–Crippen MR) is 66.6 cm³/mol. The first-order valence-electron chi connectivity index (χ1n) is 6.58. The van der Waals surface area contributed by atoms with Crippen LogP contribution < -0.4 is 0 Å². The van der Waals surface area contributed by atoms with Crippen molar-refractivity contribution in [1.29, 1.82) is 0 Å². The highest BCUT2D eigenvalue weighted by atomic mass is 16.5. The number of likely N-dealkylation sites (tertiary alicyclic amines) is 1. The second-order valence-electron chi connectivity index (χ2n) is 5.10. The summed E-state index contributed by atoms with van der Waals surface area (Å²) in [4.78, 5) is 2.56. The number of rotatable bonds is 6. The maximum absolute atomic E-state index is 9.53. The summed E-state index contributed by atoms with van der Waals surface area (Å²) in [5, 5.41) is 9.53. The zero-order valence-electron chi connectivity index (χ0n) is 11.0. The number of aliphatic hydroxyl groups is 1. The standard InChI is InChI=1S/C13H27NO2/c1-11(7-9-16-3)14-8-5-4-6-13(14)10-12(2)15/h11-13,15H,4-10H2,1-3H3. The van der Waals surface area contributed by atoms with Crippen LogP contribution in [0.3, 0.4) is 0 Å².